The van der Waals surface area contributed by atoms with Crippen molar-refractivity contribution in [2.75, 3.05) is 13.7 Å². The number of rotatable bonds is 6. The van der Waals surface area contributed by atoms with Crippen LogP contribution in [0.3, 0.4) is 0 Å². The zero-order valence-electron chi connectivity index (χ0n) is 12.3. The minimum Gasteiger partial charge on any atom is -0.378 e. The van der Waals surface area contributed by atoms with Crippen molar-refractivity contribution in [3.8, 4) is 0 Å². The molecule has 1 aromatic carbocycles. The number of methoxy groups -OCH3 is 1. The van der Waals surface area contributed by atoms with E-state index in [-0.39, 0.29) is 11.5 Å². The summed E-state index contributed by atoms with van der Waals surface area (Å²) in [6, 6.07) is 7.93. The van der Waals surface area contributed by atoms with Crippen LogP contribution < -0.4 is 5.32 Å². The second-order valence-electron chi connectivity index (χ2n) is 5.72. The van der Waals surface area contributed by atoms with E-state index < -0.39 is 0 Å². The number of ether oxygens (including phenoxy) is 1. The fourth-order valence-electron chi connectivity index (χ4n) is 2.82. The Labute approximate surface area is 124 Å². The monoisotopic (exact) mass is 287 g/mol. The van der Waals surface area contributed by atoms with Gasteiger partial charge in [0.2, 0.25) is 5.91 Å². The van der Waals surface area contributed by atoms with Gasteiger partial charge in [0.15, 0.2) is 0 Å². The molecule has 5 nitrogen and oxygen atoms in total. The van der Waals surface area contributed by atoms with Crippen molar-refractivity contribution in [1.29, 1.82) is 0 Å². The molecule has 0 aliphatic heterocycles. The van der Waals surface area contributed by atoms with Gasteiger partial charge in [0, 0.05) is 20.1 Å². The van der Waals surface area contributed by atoms with Gasteiger partial charge in [0.05, 0.1) is 23.1 Å². The normalized spacial score (nSPS) is 16.6. The van der Waals surface area contributed by atoms with E-state index >= 15 is 0 Å². The number of para-hydroxylation sites is 2. The molecule has 0 radical (unpaired) electrons. The number of carbonyl (C=O) groups excluding carboxylic acids is 1. The van der Waals surface area contributed by atoms with Crippen molar-refractivity contribution in [3.05, 3.63) is 30.1 Å². The molecule has 0 bridgehead atoms. The number of hydrogen-bond acceptors (Lipinski definition) is 3. The van der Waals surface area contributed by atoms with Gasteiger partial charge in [-0.05, 0) is 31.4 Å². The van der Waals surface area contributed by atoms with Crippen LogP contribution in [0.15, 0.2) is 24.3 Å². The summed E-state index contributed by atoms with van der Waals surface area (Å²) >= 11 is 0. The second-order valence-corrected chi connectivity index (χ2v) is 5.72. The number of amides is 1. The highest BCUT2D eigenvalue weighted by Gasteiger charge is 2.38. The number of imidazole rings is 1. The van der Waals surface area contributed by atoms with Gasteiger partial charge < -0.3 is 15.0 Å². The summed E-state index contributed by atoms with van der Waals surface area (Å²) in [4.78, 5) is 19.7. The number of nitrogens with one attached hydrogen (secondary N) is 2. The van der Waals surface area contributed by atoms with Crippen LogP contribution in [-0.4, -0.2) is 35.1 Å². The molecule has 2 aromatic rings. The maximum absolute atomic E-state index is 12.0. The van der Waals surface area contributed by atoms with Crippen molar-refractivity contribution in [1.82, 2.24) is 15.3 Å². The van der Waals surface area contributed by atoms with Crippen molar-refractivity contribution in [2.24, 2.45) is 0 Å². The number of carbonyl (C=O) groups is 1. The molecule has 0 unspecified atom stereocenters. The molecule has 1 fully saturated rings. The summed E-state index contributed by atoms with van der Waals surface area (Å²) in [6.07, 6.45) is 4.30. The summed E-state index contributed by atoms with van der Waals surface area (Å²) < 4.78 is 5.47. The van der Waals surface area contributed by atoms with Crippen molar-refractivity contribution in [2.45, 2.75) is 37.7 Å². The molecule has 1 saturated carbocycles. The third-order valence-corrected chi connectivity index (χ3v) is 4.30. The zero-order chi connectivity index (χ0) is 14.7. The first-order chi connectivity index (χ1) is 10.2. The average Bonchev–Trinajstić information content (AvgIpc) is 2.85. The van der Waals surface area contributed by atoms with Crippen LogP contribution in [0, 0.1) is 0 Å². The molecule has 5 heteroatoms. The van der Waals surface area contributed by atoms with E-state index in [0.29, 0.717) is 19.4 Å². The first-order valence-corrected chi connectivity index (χ1v) is 7.46. The van der Waals surface area contributed by atoms with Crippen molar-refractivity contribution in [3.63, 3.8) is 0 Å². The Morgan fingerprint density at radius 2 is 2.24 bits per heavy atom. The molecule has 2 N–H and O–H groups in total. The Morgan fingerprint density at radius 3 is 2.90 bits per heavy atom. The fraction of sp³-hybridized carbons (Fsp3) is 0.500. The first kappa shape index (κ1) is 14.1. The van der Waals surface area contributed by atoms with E-state index in [4.69, 9.17) is 4.74 Å². The van der Waals surface area contributed by atoms with E-state index in [9.17, 15) is 4.79 Å². The van der Waals surface area contributed by atoms with Gasteiger partial charge in [-0.1, -0.05) is 12.1 Å². The number of aromatic amines is 1. The second kappa shape index (κ2) is 5.85. The largest absolute Gasteiger partial charge is 0.378 e. The van der Waals surface area contributed by atoms with E-state index in [1.807, 2.05) is 24.3 Å². The molecular weight excluding hydrogens is 266 g/mol. The SMILES string of the molecule is COC1(CC(=O)NCCc2nc3ccccc3[nH]2)CCC1. The molecule has 21 heavy (non-hydrogen) atoms. The Balaban J connectivity index is 1.48. The predicted octanol–water partition coefficient (Wildman–Crippen LogP) is 2.18. The number of H-pyrrole nitrogens is 1. The Bertz CT molecular complexity index is 593. The van der Waals surface area contributed by atoms with Gasteiger partial charge in [0.25, 0.3) is 0 Å². The smallest absolute Gasteiger partial charge is 0.222 e. The third-order valence-electron chi connectivity index (χ3n) is 4.30. The maximum atomic E-state index is 12.0. The summed E-state index contributed by atoms with van der Waals surface area (Å²) in [5, 5.41) is 2.95. The van der Waals surface area contributed by atoms with E-state index in [2.05, 4.69) is 15.3 Å². The lowest BCUT2D eigenvalue weighted by Gasteiger charge is -2.39. The molecular formula is C16H21N3O2. The highest BCUT2D eigenvalue weighted by Crippen LogP contribution is 2.37. The number of aromatic nitrogens is 2. The molecule has 112 valence electrons. The van der Waals surface area contributed by atoms with Gasteiger partial charge in [0.1, 0.15) is 5.82 Å². The molecule has 0 atom stereocenters. The van der Waals surface area contributed by atoms with Crippen LogP contribution in [0.2, 0.25) is 0 Å². The molecule has 3 rings (SSSR count). The van der Waals surface area contributed by atoms with Crippen LogP contribution in [0.25, 0.3) is 11.0 Å². The molecule has 1 aliphatic rings. The maximum Gasteiger partial charge on any atom is 0.222 e. The lowest BCUT2D eigenvalue weighted by atomic mass is 9.77. The standard InChI is InChI=1S/C16H21N3O2/c1-21-16(8-4-9-16)11-15(20)17-10-7-14-18-12-5-2-3-6-13(12)19-14/h2-3,5-6H,4,7-11H2,1H3,(H,17,20)(H,18,19). The molecule has 1 aromatic heterocycles. The van der Waals surface area contributed by atoms with Crippen molar-refractivity contribution < 1.29 is 9.53 Å². The number of fused-ring (bicyclic) bond motifs is 1. The average molecular weight is 287 g/mol. The summed E-state index contributed by atoms with van der Waals surface area (Å²) in [5.41, 5.74) is 1.79. The fourth-order valence-corrected chi connectivity index (χ4v) is 2.82. The van der Waals surface area contributed by atoms with Crippen LogP contribution in [0.4, 0.5) is 0 Å². The van der Waals surface area contributed by atoms with Crippen LogP contribution in [0.1, 0.15) is 31.5 Å². The highest BCUT2D eigenvalue weighted by molar-refractivity contribution is 5.77. The number of benzene rings is 1. The quantitative estimate of drug-likeness (QED) is 0.855. The molecule has 0 saturated heterocycles. The first-order valence-electron chi connectivity index (χ1n) is 7.46. The summed E-state index contributed by atoms with van der Waals surface area (Å²) in [6.45, 7) is 0.596. The molecule has 0 spiro atoms. The highest BCUT2D eigenvalue weighted by atomic mass is 16.5. The van der Waals surface area contributed by atoms with Gasteiger partial charge >= 0.3 is 0 Å². The minimum atomic E-state index is -0.205. The van der Waals surface area contributed by atoms with Gasteiger partial charge in [-0.15, -0.1) is 0 Å². The third kappa shape index (κ3) is 3.08. The Kier molecular flexibility index (Phi) is 3.92. The number of nitrogens with zero attached hydrogens (tertiary/aromatic N) is 1. The molecule has 1 aliphatic carbocycles. The van der Waals surface area contributed by atoms with Crippen LogP contribution in [0.5, 0.6) is 0 Å². The zero-order valence-corrected chi connectivity index (χ0v) is 12.3. The molecule has 1 heterocycles. The Morgan fingerprint density at radius 1 is 1.43 bits per heavy atom. The van der Waals surface area contributed by atoms with E-state index in [1.54, 1.807) is 7.11 Å². The summed E-state index contributed by atoms with van der Waals surface area (Å²) in [5.74, 6) is 0.967. The lowest BCUT2D eigenvalue weighted by Crippen LogP contribution is -2.44. The minimum absolute atomic E-state index is 0.0626. The predicted molar refractivity (Wildman–Crippen MR) is 81.0 cm³/mol. The van der Waals surface area contributed by atoms with E-state index in [0.717, 1.165) is 36.1 Å². The van der Waals surface area contributed by atoms with E-state index in [1.165, 1.54) is 0 Å². The molecule has 1 amide bonds. The van der Waals surface area contributed by atoms with Crippen molar-refractivity contribution >= 4 is 16.9 Å². The van der Waals surface area contributed by atoms with Gasteiger partial charge in [-0.3, -0.25) is 4.79 Å². The van der Waals surface area contributed by atoms with Gasteiger partial charge in [-0.25, -0.2) is 4.98 Å². The summed E-state index contributed by atoms with van der Waals surface area (Å²) in [7, 11) is 1.70. The van der Waals surface area contributed by atoms with Gasteiger partial charge in [-0.2, -0.15) is 0 Å². The Hall–Kier alpha value is -1.88. The van der Waals surface area contributed by atoms with Crippen LogP contribution in [-0.2, 0) is 16.0 Å². The van der Waals surface area contributed by atoms with Crippen LogP contribution >= 0.6 is 0 Å². The lowest BCUT2D eigenvalue weighted by molar-refractivity contribution is -0.134. The topological polar surface area (TPSA) is 67.0 Å². The number of hydrogen-bond donors (Lipinski definition) is 2.